The number of nitrogens with one attached hydrogen (secondary N) is 1. The van der Waals surface area contributed by atoms with Gasteiger partial charge in [-0.25, -0.2) is 9.37 Å². The van der Waals surface area contributed by atoms with Gasteiger partial charge in [-0.15, -0.1) is 24.5 Å². The molecule has 0 radical (unpaired) electrons. The maximum absolute atomic E-state index is 13.6. The number of alkyl halides is 3. The lowest BCUT2D eigenvalue weighted by atomic mass is 10.2. The second-order valence-corrected chi connectivity index (χ2v) is 4.51. The fourth-order valence-electron chi connectivity index (χ4n) is 1.35. The van der Waals surface area contributed by atoms with Crippen molar-refractivity contribution in [2.24, 2.45) is 5.10 Å². The Labute approximate surface area is 120 Å². The molecule has 0 amide bonds. The minimum atomic E-state index is -4.92. The van der Waals surface area contributed by atoms with E-state index in [2.05, 4.69) is 20.2 Å². The number of nitrogens with zero attached hydrogens (tertiary/aromatic N) is 2. The van der Waals surface area contributed by atoms with Gasteiger partial charge in [-0.05, 0) is 12.1 Å². The van der Waals surface area contributed by atoms with Crippen LogP contribution in [0.5, 0.6) is 5.75 Å². The summed E-state index contributed by atoms with van der Waals surface area (Å²) in [6.07, 6.45) is -4.05. The number of thiazole rings is 1. The van der Waals surface area contributed by atoms with Gasteiger partial charge in [0.1, 0.15) is 17.4 Å². The van der Waals surface area contributed by atoms with Crippen molar-refractivity contribution in [3.05, 3.63) is 35.0 Å². The van der Waals surface area contributed by atoms with Crippen LogP contribution in [0.2, 0.25) is 0 Å². The number of halogens is 4. The molecule has 0 saturated heterocycles. The second kappa shape index (κ2) is 5.95. The summed E-state index contributed by atoms with van der Waals surface area (Å²) < 4.78 is 53.9. The van der Waals surface area contributed by atoms with Crippen molar-refractivity contribution in [3.63, 3.8) is 0 Å². The van der Waals surface area contributed by atoms with Gasteiger partial charge in [0.15, 0.2) is 0 Å². The van der Waals surface area contributed by atoms with Crippen LogP contribution in [0.3, 0.4) is 0 Å². The lowest BCUT2D eigenvalue weighted by Crippen LogP contribution is -2.18. The third-order valence-corrected chi connectivity index (χ3v) is 2.88. The van der Waals surface area contributed by atoms with E-state index >= 15 is 0 Å². The number of benzene rings is 1. The van der Waals surface area contributed by atoms with Crippen molar-refractivity contribution < 1.29 is 22.3 Å². The number of rotatable bonds is 4. The topological polar surface area (TPSA) is 72.5 Å². The van der Waals surface area contributed by atoms with Gasteiger partial charge >= 0.3 is 6.36 Å². The first-order chi connectivity index (χ1) is 9.85. The smallest absolute Gasteiger partial charge is 0.405 e. The zero-order valence-corrected chi connectivity index (χ0v) is 11.0. The maximum Gasteiger partial charge on any atom is 0.573 e. The lowest BCUT2D eigenvalue weighted by molar-refractivity contribution is -0.274. The third kappa shape index (κ3) is 4.31. The van der Waals surface area contributed by atoms with Crippen LogP contribution in [0.1, 0.15) is 5.56 Å². The van der Waals surface area contributed by atoms with Gasteiger partial charge in [0, 0.05) is 5.38 Å². The normalized spacial score (nSPS) is 11.8. The van der Waals surface area contributed by atoms with Crippen molar-refractivity contribution in [1.29, 1.82) is 0 Å². The van der Waals surface area contributed by atoms with Crippen LogP contribution in [-0.2, 0) is 0 Å². The summed E-state index contributed by atoms with van der Waals surface area (Å²) in [6, 6.07) is 3.08. The molecule has 0 atom stereocenters. The van der Waals surface area contributed by atoms with E-state index in [1.165, 1.54) is 0 Å². The van der Waals surface area contributed by atoms with E-state index in [-0.39, 0.29) is 5.82 Å². The van der Waals surface area contributed by atoms with Crippen LogP contribution >= 0.6 is 11.3 Å². The largest absolute Gasteiger partial charge is 0.573 e. The van der Waals surface area contributed by atoms with E-state index in [1.807, 2.05) is 0 Å². The van der Waals surface area contributed by atoms with E-state index in [0.29, 0.717) is 5.13 Å². The summed E-state index contributed by atoms with van der Waals surface area (Å²) in [7, 11) is 0. The first kappa shape index (κ1) is 15.0. The van der Waals surface area contributed by atoms with Crippen LogP contribution in [-0.4, -0.2) is 17.6 Å². The molecule has 1 aromatic heterocycles. The third-order valence-electron chi connectivity index (χ3n) is 2.11. The average molecular weight is 320 g/mol. The predicted octanol–water partition coefficient (Wildman–Crippen LogP) is 3.21. The molecule has 1 aromatic carbocycles. The first-order valence-corrected chi connectivity index (χ1v) is 6.27. The number of aromatic nitrogens is 1. The van der Waals surface area contributed by atoms with Crippen molar-refractivity contribution >= 4 is 28.5 Å². The number of hydrogen-bond acceptors (Lipinski definition) is 6. The number of hydrogen-bond donors (Lipinski definition) is 2. The average Bonchev–Trinajstić information content (AvgIpc) is 2.77. The minimum absolute atomic E-state index is 0.268. The summed E-state index contributed by atoms with van der Waals surface area (Å²) in [5.74, 6) is -1.32. The van der Waals surface area contributed by atoms with Gasteiger partial charge < -0.3 is 10.5 Å². The van der Waals surface area contributed by atoms with Crippen LogP contribution in [0, 0.1) is 5.82 Å². The zero-order chi connectivity index (χ0) is 15.5. The molecular formula is C11H8F4N4OS. The fourth-order valence-corrected chi connectivity index (χ4v) is 1.89. The molecule has 2 rings (SSSR count). The molecule has 3 N–H and O–H groups in total. The highest BCUT2D eigenvalue weighted by Gasteiger charge is 2.32. The van der Waals surface area contributed by atoms with Gasteiger partial charge in [-0.1, -0.05) is 6.07 Å². The Bertz CT molecular complexity index is 656. The molecule has 0 aliphatic carbocycles. The van der Waals surface area contributed by atoms with Gasteiger partial charge in [0.2, 0.25) is 5.13 Å². The van der Waals surface area contributed by atoms with Gasteiger partial charge in [0.25, 0.3) is 0 Å². The van der Waals surface area contributed by atoms with E-state index in [0.717, 1.165) is 35.8 Å². The fraction of sp³-hybridized carbons (Fsp3) is 0.0909. The van der Waals surface area contributed by atoms with E-state index < -0.39 is 23.5 Å². The molecule has 0 saturated carbocycles. The molecule has 0 unspecified atom stereocenters. The van der Waals surface area contributed by atoms with Crippen LogP contribution in [0.4, 0.5) is 28.5 Å². The number of hydrazone groups is 1. The Kier molecular flexibility index (Phi) is 4.26. The summed E-state index contributed by atoms with van der Waals surface area (Å²) in [5, 5.41) is 5.47. The molecule has 0 aliphatic rings. The Morgan fingerprint density at radius 3 is 2.76 bits per heavy atom. The molecule has 21 heavy (non-hydrogen) atoms. The Morgan fingerprint density at radius 2 is 2.14 bits per heavy atom. The summed E-state index contributed by atoms with van der Waals surface area (Å²) >= 11 is 1.14. The first-order valence-electron chi connectivity index (χ1n) is 5.39. The highest BCUT2D eigenvalue weighted by molar-refractivity contribution is 7.14. The summed E-state index contributed by atoms with van der Waals surface area (Å²) in [4.78, 5) is 3.81. The molecule has 0 bridgehead atoms. The van der Waals surface area contributed by atoms with Crippen LogP contribution in [0.25, 0.3) is 0 Å². The molecule has 0 spiro atoms. The molecule has 1 heterocycles. The maximum atomic E-state index is 13.6. The van der Waals surface area contributed by atoms with Crippen molar-refractivity contribution in [2.75, 3.05) is 11.2 Å². The molecule has 10 heteroatoms. The standard InChI is InChI=1S/C11H8F4N4OS/c12-7-2-1-3-8(20-11(13,14)15)6(7)4-17-19-10-18-9(16)5-21-10/h1-5H,16H2,(H,18,19). The predicted molar refractivity (Wildman–Crippen MR) is 70.8 cm³/mol. The molecular weight excluding hydrogens is 312 g/mol. The molecule has 112 valence electrons. The van der Waals surface area contributed by atoms with Gasteiger partial charge in [-0.2, -0.15) is 5.10 Å². The Balaban J connectivity index is 2.18. The Hall–Kier alpha value is -2.36. The van der Waals surface area contributed by atoms with Crippen molar-refractivity contribution in [3.8, 4) is 5.75 Å². The SMILES string of the molecule is Nc1csc(NN=Cc2c(F)cccc2OC(F)(F)F)n1. The van der Waals surface area contributed by atoms with E-state index in [9.17, 15) is 17.6 Å². The Morgan fingerprint density at radius 1 is 1.38 bits per heavy atom. The van der Waals surface area contributed by atoms with Crippen molar-refractivity contribution in [1.82, 2.24) is 4.98 Å². The van der Waals surface area contributed by atoms with E-state index in [4.69, 9.17) is 5.73 Å². The number of anilines is 2. The number of ether oxygens (including phenoxy) is 1. The second-order valence-electron chi connectivity index (χ2n) is 3.65. The molecule has 5 nitrogen and oxygen atoms in total. The number of nitrogens with two attached hydrogens (primary N) is 1. The summed E-state index contributed by atoms with van der Waals surface area (Å²) in [5.41, 5.74) is 7.37. The van der Waals surface area contributed by atoms with E-state index in [1.54, 1.807) is 5.38 Å². The molecule has 2 aromatic rings. The minimum Gasteiger partial charge on any atom is -0.405 e. The van der Waals surface area contributed by atoms with Crippen LogP contribution < -0.4 is 15.9 Å². The monoisotopic (exact) mass is 320 g/mol. The lowest BCUT2D eigenvalue weighted by Gasteiger charge is -2.11. The van der Waals surface area contributed by atoms with Crippen molar-refractivity contribution in [2.45, 2.75) is 6.36 Å². The summed E-state index contributed by atoms with van der Waals surface area (Å²) in [6.45, 7) is 0. The quantitative estimate of drug-likeness (QED) is 0.515. The molecule has 0 fully saturated rings. The molecule has 0 aliphatic heterocycles. The zero-order valence-electron chi connectivity index (χ0n) is 10.2. The number of nitrogen functional groups attached to an aromatic ring is 1. The van der Waals surface area contributed by atoms with Gasteiger partial charge in [0.05, 0.1) is 11.8 Å². The highest BCUT2D eigenvalue weighted by Crippen LogP contribution is 2.27. The van der Waals surface area contributed by atoms with Gasteiger partial charge in [-0.3, -0.25) is 5.43 Å². The highest BCUT2D eigenvalue weighted by atomic mass is 32.1. The van der Waals surface area contributed by atoms with Crippen LogP contribution in [0.15, 0.2) is 28.7 Å².